The molecule has 106 valence electrons. The Morgan fingerprint density at radius 3 is 2.43 bits per heavy atom. The molecule has 0 fully saturated rings. The molecule has 0 unspecified atom stereocenters. The van der Waals surface area contributed by atoms with Gasteiger partial charge in [-0.3, -0.25) is 0 Å². The maximum atomic E-state index is 13.3. The van der Waals surface area contributed by atoms with Crippen LogP contribution in [0.5, 0.6) is 0 Å². The third-order valence-corrected chi connectivity index (χ3v) is 3.54. The molecule has 1 heterocycles. The molecule has 0 saturated heterocycles. The van der Waals surface area contributed by atoms with E-state index in [1.165, 1.54) is 12.1 Å². The van der Waals surface area contributed by atoms with Crippen molar-refractivity contribution in [2.75, 3.05) is 5.73 Å². The van der Waals surface area contributed by atoms with Gasteiger partial charge in [-0.25, -0.2) is 4.39 Å². The van der Waals surface area contributed by atoms with E-state index in [1.807, 2.05) is 31.2 Å². The number of aromatic nitrogens is 1. The van der Waals surface area contributed by atoms with Crippen molar-refractivity contribution in [1.29, 1.82) is 0 Å². The van der Waals surface area contributed by atoms with E-state index >= 15 is 0 Å². The lowest BCUT2D eigenvalue weighted by Crippen LogP contribution is -1.88. The number of aryl methyl sites for hydroxylation is 1. The van der Waals surface area contributed by atoms with E-state index in [9.17, 15) is 4.39 Å². The van der Waals surface area contributed by atoms with Crippen LogP contribution >= 0.6 is 11.6 Å². The number of halogens is 2. The van der Waals surface area contributed by atoms with Gasteiger partial charge in [-0.2, -0.15) is 0 Å². The topological polar surface area (TPSA) is 52.0 Å². The molecule has 3 nitrogen and oxygen atoms in total. The van der Waals surface area contributed by atoms with Gasteiger partial charge >= 0.3 is 0 Å². The molecule has 0 bridgehead atoms. The van der Waals surface area contributed by atoms with Gasteiger partial charge in [-0.05, 0) is 30.7 Å². The number of nitrogens with two attached hydrogens (primary N) is 1. The normalized spacial score (nSPS) is 10.8. The smallest absolute Gasteiger partial charge is 0.230 e. The molecule has 2 N–H and O–H groups in total. The first kappa shape index (κ1) is 13.6. The van der Waals surface area contributed by atoms with E-state index in [-0.39, 0.29) is 10.9 Å². The first-order chi connectivity index (χ1) is 10.1. The highest BCUT2D eigenvalue weighted by atomic mass is 35.5. The van der Waals surface area contributed by atoms with Gasteiger partial charge in [0.15, 0.2) is 0 Å². The number of rotatable bonds is 2. The monoisotopic (exact) mass is 302 g/mol. The number of benzene rings is 2. The van der Waals surface area contributed by atoms with Gasteiger partial charge in [0.25, 0.3) is 0 Å². The Morgan fingerprint density at radius 2 is 1.76 bits per heavy atom. The van der Waals surface area contributed by atoms with Gasteiger partial charge in [0.05, 0.1) is 10.6 Å². The summed E-state index contributed by atoms with van der Waals surface area (Å²) in [4.78, 5) is 0. The van der Waals surface area contributed by atoms with Crippen molar-refractivity contribution >= 4 is 17.5 Å². The first-order valence-corrected chi connectivity index (χ1v) is 6.71. The van der Waals surface area contributed by atoms with Crippen molar-refractivity contribution in [3.8, 4) is 22.4 Å². The molecule has 5 heteroatoms. The second kappa shape index (κ2) is 5.22. The molecule has 0 saturated carbocycles. The van der Waals surface area contributed by atoms with E-state index < -0.39 is 5.82 Å². The second-order valence-electron chi connectivity index (χ2n) is 4.77. The predicted molar refractivity (Wildman–Crippen MR) is 81.5 cm³/mol. The summed E-state index contributed by atoms with van der Waals surface area (Å²) >= 11 is 5.83. The van der Waals surface area contributed by atoms with E-state index in [2.05, 4.69) is 5.16 Å². The van der Waals surface area contributed by atoms with E-state index in [0.717, 1.165) is 11.1 Å². The Kier molecular flexibility index (Phi) is 3.39. The predicted octanol–water partition coefficient (Wildman–Crippen LogP) is 4.69. The van der Waals surface area contributed by atoms with Crippen molar-refractivity contribution in [2.24, 2.45) is 0 Å². The lowest BCUT2D eigenvalue weighted by Gasteiger charge is -2.04. The van der Waals surface area contributed by atoms with Crippen LogP contribution in [0.15, 0.2) is 47.0 Å². The SMILES string of the molecule is Cc1ccc(-c2c(-c3ccc(F)c(Cl)c3)noc2N)cc1. The summed E-state index contributed by atoms with van der Waals surface area (Å²) in [6.07, 6.45) is 0. The molecular formula is C16H12ClFN2O. The third kappa shape index (κ3) is 2.50. The van der Waals surface area contributed by atoms with Crippen LogP contribution in [0, 0.1) is 12.7 Å². The number of hydrogen-bond donors (Lipinski definition) is 1. The first-order valence-electron chi connectivity index (χ1n) is 6.34. The molecule has 21 heavy (non-hydrogen) atoms. The fraction of sp³-hybridized carbons (Fsp3) is 0.0625. The van der Waals surface area contributed by atoms with Crippen LogP contribution < -0.4 is 5.73 Å². The largest absolute Gasteiger partial charge is 0.367 e. The van der Waals surface area contributed by atoms with Gasteiger partial charge in [0.2, 0.25) is 5.88 Å². The lowest BCUT2D eigenvalue weighted by atomic mass is 10.00. The van der Waals surface area contributed by atoms with Crippen molar-refractivity contribution < 1.29 is 8.91 Å². The zero-order valence-electron chi connectivity index (χ0n) is 11.2. The zero-order chi connectivity index (χ0) is 15.0. The van der Waals surface area contributed by atoms with Crippen LogP contribution in [0.2, 0.25) is 5.02 Å². The second-order valence-corrected chi connectivity index (χ2v) is 5.17. The van der Waals surface area contributed by atoms with Crippen LogP contribution in [-0.4, -0.2) is 5.16 Å². The number of nitrogen functional groups attached to an aromatic ring is 1. The molecular weight excluding hydrogens is 291 g/mol. The maximum Gasteiger partial charge on any atom is 0.230 e. The summed E-state index contributed by atoms with van der Waals surface area (Å²) in [5.74, 6) is -0.261. The minimum atomic E-state index is -0.478. The van der Waals surface area contributed by atoms with E-state index in [1.54, 1.807) is 6.07 Å². The Labute approximate surface area is 126 Å². The average molecular weight is 303 g/mol. The van der Waals surface area contributed by atoms with Crippen LogP contribution in [0.25, 0.3) is 22.4 Å². The number of anilines is 1. The third-order valence-electron chi connectivity index (χ3n) is 3.25. The van der Waals surface area contributed by atoms with E-state index in [0.29, 0.717) is 16.8 Å². The molecule has 3 rings (SSSR count). The van der Waals surface area contributed by atoms with E-state index in [4.69, 9.17) is 21.9 Å². The lowest BCUT2D eigenvalue weighted by molar-refractivity contribution is 0.439. The number of hydrogen-bond acceptors (Lipinski definition) is 3. The highest BCUT2D eigenvalue weighted by molar-refractivity contribution is 6.31. The van der Waals surface area contributed by atoms with Gasteiger partial charge in [-0.1, -0.05) is 46.6 Å². The van der Waals surface area contributed by atoms with Crippen molar-refractivity contribution in [2.45, 2.75) is 6.92 Å². The molecule has 1 aromatic heterocycles. The van der Waals surface area contributed by atoms with Gasteiger partial charge in [0.1, 0.15) is 11.5 Å². The van der Waals surface area contributed by atoms with Crippen molar-refractivity contribution in [3.63, 3.8) is 0 Å². The molecule has 2 aromatic carbocycles. The molecule has 0 aliphatic heterocycles. The molecule has 0 aliphatic rings. The van der Waals surface area contributed by atoms with Crippen LogP contribution in [0.3, 0.4) is 0 Å². The minimum absolute atomic E-state index is 0.0314. The highest BCUT2D eigenvalue weighted by Crippen LogP contribution is 2.37. The summed E-state index contributed by atoms with van der Waals surface area (Å²) < 4.78 is 18.4. The van der Waals surface area contributed by atoms with Crippen molar-refractivity contribution in [1.82, 2.24) is 5.16 Å². The highest BCUT2D eigenvalue weighted by Gasteiger charge is 2.18. The molecule has 0 spiro atoms. The molecule has 0 aliphatic carbocycles. The fourth-order valence-corrected chi connectivity index (χ4v) is 2.32. The summed E-state index contributed by atoms with van der Waals surface area (Å²) in [7, 11) is 0. The summed E-state index contributed by atoms with van der Waals surface area (Å²) in [6, 6.07) is 12.2. The summed E-state index contributed by atoms with van der Waals surface area (Å²) in [5.41, 5.74) is 9.77. The summed E-state index contributed by atoms with van der Waals surface area (Å²) in [5, 5.41) is 4.01. The fourth-order valence-electron chi connectivity index (χ4n) is 2.14. The van der Waals surface area contributed by atoms with Crippen LogP contribution in [-0.2, 0) is 0 Å². The molecule has 3 aromatic rings. The van der Waals surface area contributed by atoms with Gasteiger partial charge < -0.3 is 10.3 Å². The van der Waals surface area contributed by atoms with Crippen molar-refractivity contribution in [3.05, 3.63) is 58.9 Å². The minimum Gasteiger partial charge on any atom is -0.367 e. The van der Waals surface area contributed by atoms with Crippen LogP contribution in [0.1, 0.15) is 5.56 Å². The zero-order valence-corrected chi connectivity index (χ0v) is 12.0. The average Bonchev–Trinajstić information content (AvgIpc) is 2.85. The van der Waals surface area contributed by atoms with Crippen LogP contribution in [0.4, 0.5) is 10.3 Å². The Hall–Kier alpha value is -2.33. The van der Waals surface area contributed by atoms with Gasteiger partial charge in [0, 0.05) is 5.56 Å². The Morgan fingerprint density at radius 1 is 1.10 bits per heavy atom. The standard InChI is InChI=1S/C16H12ClFN2O/c1-9-2-4-10(5-3-9)14-15(20-21-16(14)19)11-6-7-13(18)12(17)8-11/h2-8H,19H2,1H3. The Balaban J connectivity index is 2.16. The Bertz CT molecular complexity index is 797. The van der Waals surface area contributed by atoms with Gasteiger partial charge in [-0.15, -0.1) is 0 Å². The summed E-state index contributed by atoms with van der Waals surface area (Å²) in [6.45, 7) is 2.00. The molecule has 0 atom stereocenters. The maximum absolute atomic E-state index is 13.3. The molecule has 0 radical (unpaired) electrons. The quantitative estimate of drug-likeness (QED) is 0.747. The molecule has 0 amide bonds. The number of nitrogens with zero attached hydrogens (tertiary/aromatic N) is 1.